The van der Waals surface area contributed by atoms with Gasteiger partial charge in [0.15, 0.2) is 5.58 Å². The zero-order valence-electron chi connectivity index (χ0n) is 19.5. The van der Waals surface area contributed by atoms with E-state index in [0.29, 0.717) is 33.5 Å². The van der Waals surface area contributed by atoms with Gasteiger partial charge in [0.05, 0.1) is 33.0 Å². The number of oxazole rings is 1. The minimum Gasteiger partial charge on any atom is -0.436 e. The Labute approximate surface area is 214 Å². The standard InChI is InChI=1S/C28H16N4O6/c33-25(16-6-5-7-17(14-16)31-27(34)19-8-1-2-9-20(19)28(31)35)29-22-11-4-3-10-21(22)26-30-23-15-18(32(36)37)12-13-24(23)38-26/h1-15H,(H,29,33). The molecule has 0 saturated heterocycles. The number of imide groups is 1. The molecule has 10 heteroatoms. The number of fused-ring (bicyclic) bond motifs is 2. The number of nitrogens with zero attached hydrogens (tertiary/aromatic N) is 3. The Hall–Kier alpha value is -5.64. The average molecular weight is 504 g/mol. The molecule has 38 heavy (non-hydrogen) atoms. The lowest BCUT2D eigenvalue weighted by Crippen LogP contribution is -2.29. The predicted molar refractivity (Wildman–Crippen MR) is 138 cm³/mol. The fourth-order valence-corrected chi connectivity index (χ4v) is 4.33. The fourth-order valence-electron chi connectivity index (χ4n) is 4.33. The second-order valence-electron chi connectivity index (χ2n) is 8.47. The number of rotatable bonds is 5. The lowest BCUT2D eigenvalue weighted by Gasteiger charge is -2.15. The zero-order valence-corrected chi connectivity index (χ0v) is 19.5. The predicted octanol–water partition coefficient (Wildman–Crippen LogP) is 5.46. The maximum Gasteiger partial charge on any atom is 0.271 e. The number of carbonyl (C=O) groups excluding carboxylic acids is 3. The Morgan fingerprint density at radius 2 is 1.53 bits per heavy atom. The van der Waals surface area contributed by atoms with Crippen molar-refractivity contribution in [3.63, 3.8) is 0 Å². The molecule has 0 saturated carbocycles. The van der Waals surface area contributed by atoms with Crippen LogP contribution < -0.4 is 10.2 Å². The number of hydrogen-bond acceptors (Lipinski definition) is 7. The summed E-state index contributed by atoms with van der Waals surface area (Å²) in [7, 11) is 0. The molecule has 0 aliphatic carbocycles. The first-order valence-electron chi connectivity index (χ1n) is 11.4. The second kappa shape index (κ2) is 8.79. The molecule has 1 aliphatic rings. The number of non-ortho nitro benzene ring substituents is 1. The van der Waals surface area contributed by atoms with Gasteiger partial charge in [0.1, 0.15) is 5.52 Å². The van der Waals surface area contributed by atoms with E-state index < -0.39 is 22.6 Å². The number of nitro benzene ring substituents is 1. The molecule has 1 N–H and O–H groups in total. The maximum absolute atomic E-state index is 13.2. The highest BCUT2D eigenvalue weighted by molar-refractivity contribution is 6.34. The summed E-state index contributed by atoms with van der Waals surface area (Å²) >= 11 is 0. The highest BCUT2D eigenvalue weighted by Gasteiger charge is 2.36. The smallest absolute Gasteiger partial charge is 0.271 e. The van der Waals surface area contributed by atoms with Gasteiger partial charge in [0.25, 0.3) is 23.4 Å². The summed E-state index contributed by atoms with van der Waals surface area (Å²) in [6.45, 7) is 0. The SMILES string of the molecule is O=C(Nc1ccccc1-c1nc2cc([N+](=O)[O-])ccc2o1)c1cccc(N2C(=O)c3ccccc3C2=O)c1. The van der Waals surface area contributed by atoms with Crippen LogP contribution in [-0.2, 0) is 0 Å². The molecule has 5 aromatic rings. The van der Waals surface area contributed by atoms with Crippen molar-refractivity contribution in [2.24, 2.45) is 0 Å². The Bertz CT molecular complexity index is 1770. The number of nitro groups is 1. The number of nitrogens with one attached hydrogen (secondary N) is 1. The average Bonchev–Trinajstić information content (AvgIpc) is 3.47. The van der Waals surface area contributed by atoms with Crippen LogP contribution in [-0.4, -0.2) is 27.6 Å². The molecule has 4 aromatic carbocycles. The van der Waals surface area contributed by atoms with E-state index in [1.54, 1.807) is 66.7 Å². The van der Waals surface area contributed by atoms with E-state index in [9.17, 15) is 24.5 Å². The van der Waals surface area contributed by atoms with Crippen LogP contribution in [0.25, 0.3) is 22.6 Å². The molecular weight excluding hydrogens is 488 g/mol. The third-order valence-electron chi connectivity index (χ3n) is 6.15. The van der Waals surface area contributed by atoms with Crippen molar-refractivity contribution < 1.29 is 23.7 Å². The lowest BCUT2D eigenvalue weighted by molar-refractivity contribution is -0.384. The van der Waals surface area contributed by atoms with Crippen molar-refractivity contribution in [3.05, 3.63) is 118 Å². The van der Waals surface area contributed by atoms with Crippen LogP contribution in [0.4, 0.5) is 17.1 Å². The molecule has 0 atom stereocenters. The molecule has 1 aromatic heterocycles. The number of para-hydroxylation sites is 1. The lowest BCUT2D eigenvalue weighted by atomic mass is 10.1. The highest BCUT2D eigenvalue weighted by Crippen LogP contribution is 2.32. The Morgan fingerprint density at radius 3 is 2.24 bits per heavy atom. The van der Waals surface area contributed by atoms with Crippen molar-refractivity contribution in [1.82, 2.24) is 4.98 Å². The molecule has 3 amide bonds. The van der Waals surface area contributed by atoms with Gasteiger partial charge in [-0.25, -0.2) is 9.88 Å². The van der Waals surface area contributed by atoms with Crippen molar-refractivity contribution in [1.29, 1.82) is 0 Å². The molecule has 10 nitrogen and oxygen atoms in total. The number of hydrogen-bond donors (Lipinski definition) is 1. The topological polar surface area (TPSA) is 136 Å². The van der Waals surface area contributed by atoms with Gasteiger partial charge >= 0.3 is 0 Å². The van der Waals surface area contributed by atoms with E-state index in [0.717, 1.165) is 4.90 Å². The van der Waals surface area contributed by atoms with Crippen molar-refractivity contribution >= 4 is 45.9 Å². The number of benzene rings is 4. The summed E-state index contributed by atoms with van der Waals surface area (Å²) in [6, 6.07) is 23.7. The van der Waals surface area contributed by atoms with Crippen molar-refractivity contribution in [3.8, 4) is 11.5 Å². The first-order valence-corrected chi connectivity index (χ1v) is 11.4. The van der Waals surface area contributed by atoms with Crippen LogP contribution in [0.5, 0.6) is 0 Å². The first-order chi connectivity index (χ1) is 18.4. The summed E-state index contributed by atoms with van der Waals surface area (Å²) in [6.07, 6.45) is 0. The number of carbonyl (C=O) groups is 3. The van der Waals surface area contributed by atoms with Gasteiger partial charge in [-0.3, -0.25) is 24.5 Å². The molecule has 184 valence electrons. The zero-order chi connectivity index (χ0) is 26.4. The minimum atomic E-state index is -0.516. The fraction of sp³-hybridized carbons (Fsp3) is 0. The van der Waals surface area contributed by atoms with Gasteiger partial charge in [0.2, 0.25) is 5.89 Å². The molecule has 0 unspecified atom stereocenters. The van der Waals surface area contributed by atoms with Gasteiger partial charge < -0.3 is 9.73 Å². The van der Waals surface area contributed by atoms with Crippen LogP contribution >= 0.6 is 0 Å². The highest BCUT2D eigenvalue weighted by atomic mass is 16.6. The second-order valence-corrected chi connectivity index (χ2v) is 8.47. The van der Waals surface area contributed by atoms with Crippen LogP contribution in [0.3, 0.4) is 0 Å². The number of aromatic nitrogens is 1. The molecule has 0 spiro atoms. The summed E-state index contributed by atoms with van der Waals surface area (Å²) in [4.78, 5) is 54.9. The third kappa shape index (κ3) is 3.77. The Morgan fingerprint density at radius 1 is 0.842 bits per heavy atom. The molecule has 2 heterocycles. The van der Waals surface area contributed by atoms with Crippen LogP contribution in [0.15, 0.2) is 95.4 Å². The molecule has 1 aliphatic heterocycles. The van der Waals surface area contributed by atoms with Crippen molar-refractivity contribution in [2.75, 3.05) is 10.2 Å². The van der Waals surface area contributed by atoms with Gasteiger partial charge in [0, 0.05) is 17.7 Å². The minimum absolute atomic E-state index is 0.114. The van der Waals surface area contributed by atoms with Gasteiger partial charge in [-0.1, -0.05) is 30.3 Å². The van der Waals surface area contributed by atoms with Crippen LogP contribution in [0, 0.1) is 10.1 Å². The van der Waals surface area contributed by atoms with E-state index in [2.05, 4.69) is 10.3 Å². The summed E-state index contributed by atoms with van der Waals surface area (Å²) in [5.74, 6) is -1.21. The normalized spacial score (nSPS) is 12.6. The number of amides is 3. The molecule has 6 rings (SSSR count). The van der Waals surface area contributed by atoms with E-state index in [1.165, 1.54) is 24.3 Å². The largest absolute Gasteiger partial charge is 0.436 e. The Kier molecular flexibility index (Phi) is 5.27. The summed E-state index contributed by atoms with van der Waals surface area (Å²) in [5.41, 5.74) is 2.54. The van der Waals surface area contributed by atoms with Gasteiger partial charge in [-0.15, -0.1) is 0 Å². The summed E-state index contributed by atoms with van der Waals surface area (Å²) in [5, 5.41) is 13.9. The van der Waals surface area contributed by atoms with Gasteiger partial charge in [-0.05, 0) is 48.5 Å². The molecule has 0 radical (unpaired) electrons. The first kappa shape index (κ1) is 22.8. The monoisotopic (exact) mass is 504 g/mol. The van der Waals surface area contributed by atoms with E-state index in [-0.39, 0.29) is 22.8 Å². The van der Waals surface area contributed by atoms with Crippen LogP contribution in [0.1, 0.15) is 31.1 Å². The molecule has 0 fully saturated rings. The molecule has 0 bridgehead atoms. The molecular formula is C28H16N4O6. The van der Waals surface area contributed by atoms with E-state index in [1.807, 2.05) is 0 Å². The maximum atomic E-state index is 13.2. The van der Waals surface area contributed by atoms with Crippen molar-refractivity contribution in [2.45, 2.75) is 0 Å². The quantitative estimate of drug-likeness (QED) is 0.191. The summed E-state index contributed by atoms with van der Waals surface area (Å²) < 4.78 is 5.79. The van der Waals surface area contributed by atoms with Gasteiger partial charge in [-0.2, -0.15) is 0 Å². The third-order valence-corrected chi connectivity index (χ3v) is 6.15. The van der Waals surface area contributed by atoms with E-state index in [4.69, 9.17) is 4.42 Å². The Balaban J connectivity index is 1.29. The number of anilines is 2. The van der Waals surface area contributed by atoms with E-state index >= 15 is 0 Å². The van der Waals surface area contributed by atoms with Crippen LogP contribution in [0.2, 0.25) is 0 Å².